The molecule has 0 saturated carbocycles. The summed E-state index contributed by atoms with van der Waals surface area (Å²) in [6, 6.07) is 5.75. The third kappa shape index (κ3) is 3.05. The highest BCUT2D eigenvalue weighted by atomic mass is 16.7. The highest BCUT2D eigenvalue weighted by Gasteiger charge is 2.14. The molecule has 0 aliphatic carbocycles. The van der Waals surface area contributed by atoms with Crippen molar-refractivity contribution < 1.29 is 14.3 Å². The van der Waals surface area contributed by atoms with Crippen LogP contribution in [0.25, 0.3) is 0 Å². The molecular weight excluding hydrogens is 270 g/mol. The molecule has 0 spiro atoms. The zero-order chi connectivity index (χ0) is 14.7. The minimum Gasteiger partial charge on any atom is -0.454 e. The van der Waals surface area contributed by atoms with Crippen LogP contribution >= 0.6 is 0 Å². The molecule has 2 N–H and O–H groups in total. The Morgan fingerprint density at radius 1 is 1.29 bits per heavy atom. The Kier molecular flexibility index (Phi) is 3.87. The summed E-state index contributed by atoms with van der Waals surface area (Å²) in [5.74, 6) is 1.52. The molecule has 2 heterocycles. The van der Waals surface area contributed by atoms with Gasteiger partial charge in [0.2, 0.25) is 12.7 Å². The molecule has 3 rings (SSSR count). The molecule has 1 aliphatic heterocycles. The first-order valence-corrected chi connectivity index (χ1v) is 6.91. The number of nitrogens with two attached hydrogens (primary N) is 1. The van der Waals surface area contributed by atoms with Gasteiger partial charge in [-0.05, 0) is 30.7 Å². The molecule has 1 aromatic heterocycles. The highest BCUT2D eigenvalue weighted by Crippen LogP contribution is 2.32. The number of imidazole rings is 1. The standard InChI is InChI=1S/C15H17N3O3/c16-6-5-12-8-18(9-17-12)15(19)4-2-11-1-3-13-14(7-11)21-10-20-13/h1,3,7-9H,2,4-6,10,16H2. The van der Waals surface area contributed by atoms with Crippen LogP contribution in [0.15, 0.2) is 30.7 Å². The van der Waals surface area contributed by atoms with Crippen LogP contribution in [0.2, 0.25) is 0 Å². The van der Waals surface area contributed by atoms with Crippen LogP contribution in [-0.2, 0) is 12.8 Å². The van der Waals surface area contributed by atoms with Crippen molar-refractivity contribution in [3.05, 3.63) is 42.0 Å². The van der Waals surface area contributed by atoms with Gasteiger partial charge in [0.05, 0.1) is 5.69 Å². The summed E-state index contributed by atoms with van der Waals surface area (Å²) in [6.45, 7) is 0.791. The maximum absolute atomic E-state index is 12.1. The van der Waals surface area contributed by atoms with E-state index in [9.17, 15) is 4.79 Å². The van der Waals surface area contributed by atoms with Crippen molar-refractivity contribution in [2.75, 3.05) is 13.3 Å². The Morgan fingerprint density at radius 3 is 3.00 bits per heavy atom. The fourth-order valence-electron chi connectivity index (χ4n) is 2.25. The molecule has 110 valence electrons. The predicted molar refractivity (Wildman–Crippen MR) is 76.5 cm³/mol. The molecule has 6 nitrogen and oxygen atoms in total. The summed E-state index contributed by atoms with van der Waals surface area (Å²) in [6.07, 6.45) is 5.04. The molecule has 6 heteroatoms. The van der Waals surface area contributed by atoms with Crippen LogP contribution in [0, 0.1) is 0 Å². The second-order valence-corrected chi connectivity index (χ2v) is 4.89. The van der Waals surface area contributed by atoms with Crippen molar-refractivity contribution >= 4 is 5.91 Å². The van der Waals surface area contributed by atoms with Crippen molar-refractivity contribution in [2.45, 2.75) is 19.3 Å². The fourth-order valence-corrected chi connectivity index (χ4v) is 2.25. The molecule has 2 aromatic rings. The van der Waals surface area contributed by atoms with Gasteiger partial charge in [-0.25, -0.2) is 4.98 Å². The Labute approximate surface area is 122 Å². The van der Waals surface area contributed by atoms with Gasteiger partial charge >= 0.3 is 0 Å². The van der Waals surface area contributed by atoms with E-state index < -0.39 is 0 Å². The first-order chi connectivity index (χ1) is 10.3. The number of nitrogens with zero attached hydrogens (tertiary/aromatic N) is 2. The number of aromatic nitrogens is 2. The molecule has 0 atom stereocenters. The van der Waals surface area contributed by atoms with Crippen LogP contribution in [0.4, 0.5) is 0 Å². The van der Waals surface area contributed by atoms with E-state index >= 15 is 0 Å². The van der Waals surface area contributed by atoms with Gasteiger partial charge in [0.1, 0.15) is 6.33 Å². The number of fused-ring (bicyclic) bond motifs is 1. The van der Waals surface area contributed by atoms with E-state index in [-0.39, 0.29) is 12.7 Å². The van der Waals surface area contributed by atoms with Gasteiger partial charge in [0.25, 0.3) is 0 Å². The van der Waals surface area contributed by atoms with Crippen LogP contribution in [-0.4, -0.2) is 28.8 Å². The van der Waals surface area contributed by atoms with E-state index in [4.69, 9.17) is 15.2 Å². The molecule has 0 amide bonds. The van der Waals surface area contributed by atoms with Crippen molar-refractivity contribution in [3.8, 4) is 11.5 Å². The van der Waals surface area contributed by atoms with Crippen molar-refractivity contribution in [2.24, 2.45) is 5.73 Å². The number of rotatable bonds is 5. The Hall–Kier alpha value is -2.34. The van der Waals surface area contributed by atoms with Crippen molar-refractivity contribution in [1.29, 1.82) is 0 Å². The molecule has 0 bridgehead atoms. The lowest BCUT2D eigenvalue weighted by molar-refractivity contribution is 0.0902. The van der Waals surface area contributed by atoms with Crippen molar-refractivity contribution in [3.63, 3.8) is 0 Å². The first-order valence-electron chi connectivity index (χ1n) is 6.91. The number of benzene rings is 1. The van der Waals surface area contributed by atoms with Crippen molar-refractivity contribution in [1.82, 2.24) is 9.55 Å². The van der Waals surface area contributed by atoms with E-state index in [1.165, 1.54) is 4.57 Å². The molecule has 1 aromatic carbocycles. The minimum absolute atomic E-state index is 0.0171. The predicted octanol–water partition coefficient (Wildman–Crippen LogP) is 1.39. The highest BCUT2D eigenvalue weighted by molar-refractivity contribution is 5.79. The fraction of sp³-hybridized carbons (Fsp3) is 0.333. The van der Waals surface area contributed by atoms with Gasteiger partial charge in [-0.1, -0.05) is 6.07 Å². The number of hydrogen-bond acceptors (Lipinski definition) is 5. The second kappa shape index (κ2) is 5.97. The maximum Gasteiger partial charge on any atom is 0.232 e. The minimum atomic E-state index is 0.0171. The molecule has 0 radical (unpaired) electrons. The Morgan fingerprint density at radius 2 is 2.14 bits per heavy atom. The summed E-state index contributed by atoms with van der Waals surface area (Å²) in [4.78, 5) is 16.3. The van der Waals surface area contributed by atoms with Gasteiger partial charge in [-0.2, -0.15) is 0 Å². The number of carbonyl (C=O) groups excluding carboxylic acids is 1. The van der Waals surface area contributed by atoms with E-state index in [1.54, 1.807) is 12.5 Å². The SMILES string of the molecule is NCCc1cn(C(=O)CCc2ccc3c(c2)OCO3)cn1. The van der Waals surface area contributed by atoms with Crippen LogP contribution in [0.3, 0.4) is 0 Å². The largest absolute Gasteiger partial charge is 0.454 e. The number of ether oxygens (including phenoxy) is 2. The van der Waals surface area contributed by atoms with E-state index in [0.29, 0.717) is 25.8 Å². The number of carbonyl (C=O) groups is 1. The molecular formula is C15H17N3O3. The monoisotopic (exact) mass is 287 g/mol. The molecule has 0 unspecified atom stereocenters. The summed E-state index contributed by atoms with van der Waals surface area (Å²) in [5.41, 5.74) is 7.36. The Balaban J connectivity index is 1.60. The third-order valence-electron chi connectivity index (χ3n) is 3.39. The summed E-state index contributed by atoms with van der Waals surface area (Å²) >= 11 is 0. The lowest BCUT2D eigenvalue weighted by Crippen LogP contribution is -2.09. The average Bonchev–Trinajstić information content (AvgIpc) is 3.13. The van der Waals surface area contributed by atoms with Crippen LogP contribution in [0.1, 0.15) is 22.5 Å². The average molecular weight is 287 g/mol. The molecule has 0 fully saturated rings. The summed E-state index contributed by atoms with van der Waals surface area (Å²) in [5, 5.41) is 0. The first kappa shape index (κ1) is 13.6. The van der Waals surface area contributed by atoms with Gasteiger partial charge in [-0.3, -0.25) is 9.36 Å². The quantitative estimate of drug-likeness (QED) is 0.899. The van der Waals surface area contributed by atoms with Crippen LogP contribution < -0.4 is 15.2 Å². The lowest BCUT2D eigenvalue weighted by atomic mass is 10.1. The zero-order valence-corrected chi connectivity index (χ0v) is 11.6. The van der Waals surface area contributed by atoms with Gasteiger partial charge in [0, 0.05) is 19.0 Å². The number of hydrogen-bond donors (Lipinski definition) is 1. The molecule has 0 saturated heterocycles. The number of aryl methyl sites for hydroxylation is 1. The Bertz CT molecular complexity index is 651. The normalized spacial score (nSPS) is 12.6. The van der Waals surface area contributed by atoms with Gasteiger partial charge < -0.3 is 15.2 Å². The smallest absolute Gasteiger partial charge is 0.232 e. The van der Waals surface area contributed by atoms with Gasteiger partial charge in [-0.15, -0.1) is 0 Å². The summed E-state index contributed by atoms with van der Waals surface area (Å²) < 4.78 is 12.1. The third-order valence-corrected chi connectivity index (χ3v) is 3.39. The zero-order valence-electron chi connectivity index (χ0n) is 11.6. The summed E-state index contributed by atoms with van der Waals surface area (Å²) in [7, 11) is 0. The molecule has 1 aliphatic rings. The second-order valence-electron chi connectivity index (χ2n) is 4.89. The molecule has 21 heavy (non-hydrogen) atoms. The van der Waals surface area contributed by atoms with E-state index in [2.05, 4.69) is 4.98 Å². The van der Waals surface area contributed by atoms with Crippen LogP contribution in [0.5, 0.6) is 11.5 Å². The topological polar surface area (TPSA) is 79.4 Å². The lowest BCUT2D eigenvalue weighted by Gasteiger charge is -2.03. The van der Waals surface area contributed by atoms with E-state index in [1.807, 2.05) is 18.2 Å². The van der Waals surface area contributed by atoms with Gasteiger partial charge in [0.15, 0.2) is 11.5 Å². The maximum atomic E-state index is 12.1. The van der Waals surface area contributed by atoms with E-state index in [0.717, 1.165) is 22.8 Å².